The largest absolute Gasteiger partial charge is 0.273 e. The first-order chi connectivity index (χ1) is 14.7. The Morgan fingerprint density at radius 2 is 1.87 bits per heavy atom. The van der Waals surface area contributed by atoms with Crippen LogP contribution in [-0.2, 0) is 17.8 Å². The number of amides is 1. The van der Waals surface area contributed by atoms with Gasteiger partial charge in [-0.25, -0.2) is 10.4 Å². The summed E-state index contributed by atoms with van der Waals surface area (Å²) in [6, 6.07) is 20.1. The van der Waals surface area contributed by atoms with Crippen molar-refractivity contribution in [3.8, 4) is 11.3 Å². The van der Waals surface area contributed by atoms with E-state index >= 15 is 0 Å². The summed E-state index contributed by atoms with van der Waals surface area (Å²) in [5.41, 5.74) is 7.32. The molecule has 0 unspecified atom stereocenters. The molecule has 30 heavy (non-hydrogen) atoms. The van der Waals surface area contributed by atoms with Gasteiger partial charge in [0, 0.05) is 28.4 Å². The van der Waals surface area contributed by atoms with Gasteiger partial charge in [-0.2, -0.15) is 10.2 Å². The smallest absolute Gasteiger partial charge is 0.246 e. The molecule has 150 valence electrons. The first kappa shape index (κ1) is 19.7. The second-order valence-corrected chi connectivity index (χ2v) is 7.78. The van der Waals surface area contributed by atoms with Crippen LogP contribution < -0.4 is 5.43 Å². The van der Waals surface area contributed by atoms with Crippen LogP contribution in [-0.4, -0.2) is 26.9 Å². The van der Waals surface area contributed by atoms with Gasteiger partial charge in [-0.05, 0) is 12.5 Å². The summed E-state index contributed by atoms with van der Waals surface area (Å²) in [7, 11) is 0. The van der Waals surface area contributed by atoms with E-state index in [9.17, 15) is 4.79 Å². The fraction of sp³-hybridized carbons (Fsp3) is 0.130. The summed E-state index contributed by atoms with van der Waals surface area (Å²) in [6.45, 7) is 2.57. The molecule has 0 spiro atoms. The Balaban J connectivity index is 1.51. The summed E-state index contributed by atoms with van der Waals surface area (Å²) in [5, 5.41) is 11.6. The molecule has 0 fully saturated rings. The minimum Gasteiger partial charge on any atom is -0.273 e. The molecule has 6 nitrogen and oxygen atoms in total. The molecule has 0 radical (unpaired) electrons. The van der Waals surface area contributed by atoms with E-state index in [-0.39, 0.29) is 12.3 Å². The van der Waals surface area contributed by atoms with Crippen molar-refractivity contribution in [2.75, 3.05) is 0 Å². The van der Waals surface area contributed by atoms with E-state index in [2.05, 4.69) is 27.6 Å². The van der Waals surface area contributed by atoms with Crippen molar-refractivity contribution in [2.45, 2.75) is 19.9 Å². The number of aromatic nitrogens is 3. The van der Waals surface area contributed by atoms with Crippen LogP contribution in [0.3, 0.4) is 0 Å². The highest BCUT2D eigenvalue weighted by Crippen LogP contribution is 2.21. The summed E-state index contributed by atoms with van der Waals surface area (Å²) >= 11 is 1.47. The topological polar surface area (TPSA) is 72.2 Å². The van der Waals surface area contributed by atoms with Gasteiger partial charge in [0.15, 0.2) is 0 Å². The number of hydrazone groups is 1. The van der Waals surface area contributed by atoms with Gasteiger partial charge < -0.3 is 0 Å². The van der Waals surface area contributed by atoms with E-state index in [1.54, 1.807) is 6.21 Å². The third-order valence-electron chi connectivity index (χ3n) is 4.40. The third-order valence-corrected chi connectivity index (χ3v) is 5.36. The predicted molar refractivity (Wildman–Crippen MR) is 119 cm³/mol. The minimum atomic E-state index is -0.196. The Morgan fingerprint density at radius 1 is 1.13 bits per heavy atom. The first-order valence-electron chi connectivity index (χ1n) is 9.57. The molecule has 7 heteroatoms. The van der Waals surface area contributed by atoms with Crippen molar-refractivity contribution in [1.82, 2.24) is 20.2 Å². The number of hydrogen-bond acceptors (Lipinski definition) is 5. The number of thiazole rings is 1. The average Bonchev–Trinajstić information content (AvgIpc) is 3.35. The van der Waals surface area contributed by atoms with Crippen LogP contribution in [0.15, 0.2) is 77.3 Å². The maximum absolute atomic E-state index is 12.1. The second-order valence-electron chi connectivity index (χ2n) is 6.83. The molecule has 2 aromatic heterocycles. The highest BCUT2D eigenvalue weighted by atomic mass is 32.1. The van der Waals surface area contributed by atoms with E-state index in [0.717, 1.165) is 33.1 Å². The molecule has 0 aliphatic rings. The van der Waals surface area contributed by atoms with Gasteiger partial charge in [0.2, 0.25) is 5.91 Å². The fourth-order valence-electron chi connectivity index (χ4n) is 3.04. The van der Waals surface area contributed by atoms with E-state index in [4.69, 9.17) is 5.10 Å². The van der Waals surface area contributed by atoms with Gasteiger partial charge in [-0.1, -0.05) is 60.7 Å². The molecule has 0 aliphatic carbocycles. The van der Waals surface area contributed by atoms with E-state index in [1.165, 1.54) is 11.3 Å². The van der Waals surface area contributed by atoms with Crippen LogP contribution in [0.2, 0.25) is 0 Å². The van der Waals surface area contributed by atoms with Gasteiger partial charge in [0.25, 0.3) is 0 Å². The summed E-state index contributed by atoms with van der Waals surface area (Å²) < 4.78 is 1.89. The Bertz CT molecular complexity index is 1150. The zero-order chi connectivity index (χ0) is 20.8. The van der Waals surface area contributed by atoms with Gasteiger partial charge in [0.05, 0.1) is 19.2 Å². The van der Waals surface area contributed by atoms with Gasteiger partial charge in [-0.15, -0.1) is 11.3 Å². The zero-order valence-corrected chi connectivity index (χ0v) is 17.3. The van der Waals surface area contributed by atoms with Crippen molar-refractivity contribution in [3.05, 3.63) is 94.1 Å². The van der Waals surface area contributed by atoms with Crippen molar-refractivity contribution < 1.29 is 4.79 Å². The van der Waals surface area contributed by atoms with E-state index < -0.39 is 0 Å². The minimum absolute atomic E-state index is 0.196. The van der Waals surface area contributed by atoms with Crippen molar-refractivity contribution in [1.29, 1.82) is 0 Å². The number of benzene rings is 2. The second kappa shape index (κ2) is 9.28. The molecule has 2 heterocycles. The summed E-state index contributed by atoms with van der Waals surface area (Å²) in [5.74, 6) is -0.196. The molecule has 4 rings (SSSR count). The Labute approximate surface area is 178 Å². The maximum atomic E-state index is 12.1. The molecular weight excluding hydrogens is 394 g/mol. The molecule has 0 bridgehead atoms. The Morgan fingerprint density at radius 3 is 2.57 bits per heavy atom. The molecular formula is C23H21N5OS. The SMILES string of the molecule is Cc1csc(CC(=O)N/N=C\c2cn(Cc3ccccc3)nc2-c2ccccc2)n1. The van der Waals surface area contributed by atoms with Crippen molar-refractivity contribution in [2.24, 2.45) is 5.10 Å². The highest BCUT2D eigenvalue weighted by Gasteiger charge is 2.11. The number of aryl methyl sites for hydroxylation is 1. The van der Waals surface area contributed by atoms with Gasteiger partial charge in [-0.3, -0.25) is 9.48 Å². The molecule has 1 amide bonds. The number of hydrogen-bond donors (Lipinski definition) is 1. The van der Waals surface area contributed by atoms with Gasteiger partial charge in [0.1, 0.15) is 10.7 Å². The van der Waals surface area contributed by atoms with Crippen molar-refractivity contribution >= 4 is 23.5 Å². The van der Waals surface area contributed by atoms with Crippen LogP contribution >= 0.6 is 11.3 Å². The highest BCUT2D eigenvalue weighted by molar-refractivity contribution is 7.09. The lowest BCUT2D eigenvalue weighted by Crippen LogP contribution is -2.19. The standard InChI is InChI=1S/C23H21N5OS/c1-17-16-30-22(25-17)12-21(29)26-24-13-20-15-28(14-18-8-4-2-5-9-18)27-23(20)19-10-6-3-7-11-19/h2-11,13,15-16H,12,14H2,1H3,(H,26,29)/b24-13-. The molecule has 4 aromatic rings. The van der Waals surface area contributed by atoms with E-state index in [0.29, 0.717) is 6.54 Å². The zero-order valence-electron chi connectivity index (χ0n) is 16.5. The Kier molecular flexibility index (Phi) is 6.10. The number of rotatable bonds is 7. The summed E-state index contributed by atoms with van der Waals surface area (Å²) in [4.78, 5) is 16.4. The third kappa shape index (κ3) is 5.07. The molecule has 0 saturated carbocycles. The monoisotopic (exact) mass is 415 g/mol. The molecule has 0 saturated heterocycles. The predicted octanol–water partition coefficient (Wildman–Crippen LogP) is 4.06. The normalized spacial score (nSPS) is 11.1. The number of carbonyl (C=O) groups excluding carboxylic acids is 1. The lowest BCUT2D eigenvalue weighted by molar-refractivity contribution is -0.120. The first-order valence-corrected chi connectivity index (χ1v) is 10.4. The van der Waals surface area contributed by atoms with Crippen LogP contribution in [0.4, 0.5) is 0 Å². The number of nitrogens with zero attached hydrogens (tertiary/aromatic N) is 4. The van der Waals surface area contributed by atoms with Gasteiger partial charge >= 0.3 is 0 Å². The number of carbonyl (C=O) groups is 1. The molecule has 0 atom stereocenters. The average molecular weight is 416 g/mol. The van der Waals surface area contributed by atoms with Crippen LogP contribution in [0.25, 0.3) is 11.3 Å². The van der Waals surface area contributed by atoms with Crippen molar-refractivity contribution in [3.63, 3.8) is 0 Å². The molecule has 1 N–H and O–H groups in total. The van der Waals surface area contributed by atoms with Crippen LogP contribution in [0, 0.1) is 6.92 Å². The maximum Gasteiger partial charge on any atom is 0.246 e. The fourth-order valence-corrected chi connectivity index (χ4v) is 3.81. The lowest BCUT2D eigenvalue weighted by Gasteiger charge is -2.01. The Hall–Kier alpha value is -3.58. The quantitative estimate of drug-likeness (QED) is 0.365. The molecule has 0 aliphatic heterocycles. The molecule has 2 aromatic carbocycles. The summed E-state index contributed by atoms with van der Waals surface area (Å²) in [6.07, 6.45) is 3.80. The number of nitrogens with one attached hydrogen (secondary N) is 1. The van der Waals surface area contributed by atoms with Crippen LogP contribution in [0.1, 0.15) is 21.8 Å². The van der Waals surface area contributed by atoms with E-state index in [1.807, 2.05) is 71.7 Å². The van der Waals surface area contributed by atoms with Crippen LogP contribution in [0.5, 0.6) is 0 Å². The lowest BCUT2D eigenvalue weighted by atomic mass is 10.1.